The zero-order valence-corrected chi connectivity index (χ0v) is 12.2. The molecule has 1 saturated heterocycles. The van der Waals surface area contributed by atoms with Crippen molar-refractivity contribution in [3.8, 4) is 0 Å². The van der Waals surface area contributed by atoms with Gasteiger partial charge >= 0.3 is 0 Å². The van der Waals surface area contributed by atoms with E-state index >= 15 is 0 Å². The fraction of sp³-hybridized carbons (Fsp3) is 0.471. The maximum Gasteiger partial charge on any atom is 0.0527 e. The van der Waals surface area contributed by atoms with Gasteiger partial charge in [0.2, 0.25) is 0 Å². The molecule has 3 nitrogen and oxygen atoms in total. The van der Waals surface area contributed by atoms with Crippen LogP contribution in [-0.4, -0.2) is 22.9 Å². The molecule has 0 unspecified atom stereocenters. The van der Waals surface area contributed by atoms with Gasteiger partial charge in [-0.1, -0.05) is 30.3 Å². The van der Waals surface area contributed by atoms with E-state index < -0.39 is 0 Å². The molecular weight excluding hydrogens is 246 g/mol. The molecule has 3 rings (SSSR count). The van der Waals surface area contributed by atoms with Crippen molar-refractivity contribution >= 4 is 0 Å². The van der Waals surface area contributed by atoms with Gasteiger partial charge in [0.15, 0.2) is 0 Å². The quantitative estimate of drug-likeness (QED) is 0.924. The van der Waals surface area contributed by atoms with Gasteiger partial charge in [-0.05, 0) is 49.4 Å². The lowest BCUT2D eigenvalue weighted by Gasteiger charge is -2.23. The molecule has 0 amide bonds. The van der Waals surface area contributed by atoms with Crippen LogP contribution < -0.4 is 5.32 Å². The highest BCUT2D eigenvalue weighted by atomic mass is 15.3. The van der Waals surface area contributed by atoms with Gasteiger partial charge in [-0.2, -0.15) is 5.10 Å². The lowest BCUT2D eigenvalue weighted by molar-refractivity contribution is 0.365. The molecule has 1 fully saturated rings. The average Bonchev–Trinajstić information content (AvgIpc) is 2.83. The van der Waals surface area contributed by atoms with Crippen molar-refractivity contribution in [2.75, 3.05) is 13.1 Å². The maximum atomic E-state index is 4.48. The summed E-state index contributed by atoms with van der Waals surface area (Å²) in [6, 6.07) is 10.7. The largest absolute Gasteiger partial charge is 0.317 e. The molecule has 1 aromatic carbocycles. The Balaban J connectivity index is 1.75. The van der Waals surface area contributed by atoms with Crippen molar-refractivity contribution in [1.29, 1.82) is 0 Å². The molecule has 20 heavy (non-hydrogen) atoms. The Morgan fingerprint density at radius 3 is 2.70 bits per heavy atom. The molecule has 0 saturated carbocycles. The Morgan fingerprint density at radius 2 is 1.95 bits per heavy atom. The van der Waals surface area contributed by atoms with Gasteiger partial charge in [0, 0.05) is 19.2 Å². The van der Waals surface area contributed by atoms with E-state index in [0.717, 1.165) is 25.4 Å². The van der Waals surface area contributed by atoms with Crippen LogP contribution in [0, 0.1) is 5.92 Å². The van der Waals surface area contributed by atoms with Gasteiger partial charge in [0.25, 0.3) is 0 Å². The maximum absolute atomic E-state index is 4.48. The summed E-state index contributed by atoms with van der Waals surface area (Å²) in [5, 5.41) is 7.92. The smallest absolute Gasteiger partial charge is 0.0527 e. The van der Waals surface area contributed by atoms with Crippen LogP contribution in [0.4, 0.5) is 0 Å². The molecule has 0 bridgehead atoms. The highest BCUT2D eigenvalue weighted by molar-refractivity contribution is 5.28. The Bertz CT molecular complexity index is 539. The monoisotopic (exact) mass is 269 g/mol. The van der Waals surface area contributed by atoms with E-state index in [1.807, 2.05) is 6.20 Å². The lowest BCUT2D eigenvalue weighted by Crippen LogP contribution is -2.29. The number of piperidine rings is 1. The minimum Gasteiger partial charge on any atom is -0.317 e. The Hall–Kier alpha value is -1.61. The van der Waals surface area contributed by atoms with Crippen molar-refractivity contribution in [2.45, 2.75) is 25.7 Å². The number of hydrogen-bond donors (Lipinski definition) is 1. The van der Waals surface area contributed by atoms with Gasteiger partial charge in [0.1, 0.15) is 0 Å². The van der Waals surface area contributed by atoms with Crippen molar-refractivity contribution in [1.82, 2.24) is 15.1 Å². The molecule has 0 radical (unpaired) electrons. The molecule has 1 N–H and O–H groups in total. The van der Waals surface area contributed by atoms with Crippen molar-refractivity contribution in [3.63, 3.8) is 0 Å². The summed E-state index contributed by atoms with van der Waals surface area (Å²) < 4.78 is 2.07. The summed E-state index contributed by atoms with van der Waals surface area (Å²) in [6.45, 7) is 2.33. The normalized spacial score (nSPS) is 16.4. The molecule has 2 heterocycles. The van der Waals surface area contributed by atoms with Gasteiger partial charge in [-0.25, -0.2) is 0 Å². The van der Waals surface area contributed by atoms with E-state index in [0.29, 0.717) is 0 Å². The zero-order chi connectivity index (χ0) is 13.8. The summed E-state index contributed by atoms with van der Waals surface area (Å²) in [5.74, 6) is 0.807. The van der Waals surface area contributed by atoms with Crippen LogP contribution in [0.3, 0.4) is 0 Å². The minimum atomic E-state index is 0.807. The third kappa shape index (κ3) is 3.10. The second-order valence-corrected chi connectivity index (χ2v) is 5.80. The number of nitrogens with one attached hydrogen (secondary N) is 1. The third-order valence-corrected chi connectivity index (χ3v) is 4.33. The third-order valence-electron chi connectivity index (χ3n) is 4.33. The molecule has 1 aliphatic rings. The summed E-state index contributed by atoms with van der Waals surface area (Å²) in [7, 11) is 2.07. The van der Waals surface area contributed by atoms with E-state index in [4.69, 9.17) is 0 Å². The van der Waals surface area contributed by atoms with Crippen LogP contribution in [0.5, 0.6) is 0 Å². The second-order valence-electron chi connectivity index (χ2n) is 5.80. The summed E-state index contributed by atoms with van der Waals surface area (Å²) >= 11 is 0. The van der Waals surface area contributed by atoms with Crippen LogP contribution in [0.1, 0.15) is 29.7 Å². The lowest BCUT2D eigenvalue weighted by atomic mass is 9.91. The van der Waals surface area contributed by atoms with Crippen LogP contribution in [0.15, 0.2) is 36.5 Å². The van der Waals surface area contributed by atoms with Gasteiger partial charge < -0.3 is 5.32 Å². The van der Waals surface area contributed by atoms with Crippen LogP contribution in [0.25, 0.3) is 0 Å². The first-order valence-corrected chi connectivity index (χ1v) is 7.57. The van der Waals surface area contributed by atoms with Gasteiger partial charge in [0.05, 0.1) is 6.20 Å². The van der Waals surface area contributed by atoms with Gasteiger partial charge in [-0.15, -0.1) is 0 Å². The molecule has 1 aromatic heterocycles. The Labute approximate surface area is 121 Å². The summed E-state index contributed by atoms with van der Waals surface area (Å²) in [6.07, 6.45) is 6.78. The predicted octanol–water partition coefficient (Wildman–Crippen LogP) is 2.55. The van der Waals surface area contributed by atoms with E-state index in [1.54, 1.807) is 0 Å². The number of rotatable bonds is 4. The first-order valence-electron chi connectivity index (χ1n) is 7.57. The zero-order valence-electron chi connectivity index (χ0n) is 12.2. The van der Waals surface area contributed by atoms with E-state index in [2.05, 4.69) is 52.5 Å². The molecule has 3 heteroatoms. The number of nitrogens with zero attached hydrogens (tertiary/aromatic N) is 2. The molecule has 0 aliphatic carbocycles. The molecule has 1 aliphatic heterocycles. The second kappa shape index (κ2) is 6.23. The van der Waals surface area contributed by atoms with Crippen LogP contribution >= 0.6 is 0 Å². The summed E-state index contributed by atoms with van der Waals surface area (Å²) in [4.78, 5) is 0. The summed E-state index contributed by atoms with van der Waals surface area (Å²) in [5.41, 5.74) is 4.17. The van der Waals surface area contributed by atoms with Crippen LogP contribution in [-0.2, 0) is 19.9 Å². The van der Waals surface area contributed by atoms with E-state index in [-0.39, 0.29) is 0 Å². The topological polar surface area (TPSA) is 29.9 Å². The number of hydrogen-bond acceptors (Lipinski definition) is 2. The number of aryl methyl sites for hydroxylation is 1. The Kier molecular flexibility index (Phi) is 4.16. The Morgan fingerprint density at radius 1 is 1.20 bits per heavy atom. The van der Waals surface area contributed by atoms with Crippen molar-refractivity contribution in [3.05, 3.63) is 53.3 Å². The fourth-order valence-corrected chi connectivity index (χ4v) is 3.09. The molecule has 106 valence electrons. The highest BCUT2D eigenvalue weighted by Gasteiger charge is 2.18. The first kappa shape index (κ1) is 13.4. The average molecular weight is 269 g/mol. The number of aromatic nitrogens is 2. The van der Waals surface area contributed by atoms with Crippen molar-refractivity contribution < 1.29 is 0 Å². The van der Waals surface area contributed by atoms with Gasteiger partial charge in [-0.3, -0.25) is 4.68 Å². The number of benzene rings is 1. The molecular formula is C17H23N3. The highest BCUT2D eigenvalue weighted by Crippen LogP contribution is 2.22. The first-order chi connectivity index (χ1) is 9.83. The molecule has 0 atom stereocenters. The SMILES string of the molecule is Cn1ncc(Cc2ccccc2)c1CC1CCNCC1. The minimum absolute atomic E-state index is 0.807. The molecule has 2 aromatic rings. The van der Waals surface area contributed by atoms with E-state index in [9.17, 15) is 0 Å². The standard InChI is InChI=1S/C17H23N3/c1-20-17(12-15-7-9-18-10-8-15)16(13-19-20)11-14-5-3-2-4-6-14/h2-6,13,15,18H,7-12H2,1H3. The van der Waals surface area contributed by atoms with Crippen molar-refractivity contribution in [2.24, 2.45) is 13.0 Å². The van der Waals surface area contributed by atoms with Crippen LogP contribution in [0.2, 0.25) is 0 Å². The van der Waals surface area contributed by atoms with E-state index in [1.165, 1.54) is 36.1 Å². The molecule has 0 spiro atoms. The predicted molar refractivity (Wildman–Crippen MR) is 81.8 cm³/mol. The fourth-order valence-electron chi connectivity index (χ4n) is 3.09.